The van der Waals surface area contributed by atoms with Crippen molar-refractivity contribution < 1.29 is 28.8 Å². The highest BCUT2D eigenvalue weighted by Crippen LogP contribution is 2.36. The smallest absolute Gasteiger partial charge is 0.289 e. The van der Waals surface area contributed by atoms with E-state index in [-0.39, 0.29) is 18.5 Å². The van der Waals surface area contributed by atoms with Gasteiger partial charge in [-0.2, -0.15) is 4.98 Å². The van der Waals surface area contributed by atoms with E-state index in [0.717, 1.165) is 5.56 Å². The Labute approximate surface area is 215 Å². The van der Waals surface area contributed by atoms with Crippen LogP contribution >= 0.6 is 0 Å². The Morgan fingerprint density at radius 1 is 1.05 bits per heavy atom. The minimum absolute atomic E-state index is 0.0753. The molecule has 1 fully saturated rings. The molecular formula is C27H31N3O7. The number of ether oxygens (including phenoxy) is 4. The van der Waals surface area contributed by atoms with Gasteiger partial charge in [-0.05, 0) is 31.0 Å². The molecule has 10 nitrogen and oxygen atoms in total. The zero-order valence-electron chi connectivity index (χ0n) is 21.2. The monoisotopic (exact) mass is 509 g/mol. The van der Waals surface area contributed by atoms with E-state index in [4.69, 9.17) is 18.9 Å². The molecule has 10 heteroatoms. The van der Waals surface area contributed by atoms with Crippen LogP contribution in [0.5, 0.6) is 17.4 Å². The fourth-order valence-corrected chi connectivity index (χ4v) is 4.31. The molecule has 0 spiro atoms. The predicted molar refractivity (Wildman–Crippen MR) is 135 cm³/mol. The molecule has 1 aliphatic rings. The zero-order chi connectivity index (χ0) is 26.4. The molecule has 1 saturated heterocycles. The highest BCUT2D eigenvalue weighted by atomic mass is 16.5. The summed E-state index contributed by atoms with van der Waals surface area (Å²) in [7, 11) is 2.94. The third-order valence-electron chi connectivity index (χ3n) is 6.17. The maximum absolute atomic E-state index is 13.5. The molecular weight excluding hydrogens is 478 g/mol. The van der Waals surface area contributed by atoms with E-state index >= 15 is 0 Å². The van der Waals surface area contributed by atoms with Crippen molar-refractivity contribution in [3.63, 3.8) is 0 Å². The number of hydrogen-bond acceptors (Lipinski definition) is 8. The summed E-state index contributed by atoms with van der Waals surface area (Å²) in [5.41, 5.74) is 0.0623. The van der Waals surface area contributed by atoms with Gasteiger partial charge >= 0.3 is 0 Å². The van der Waals surface area contributed by atoms with Crippen molar-refractivity contribution in [1.29, 1.82) is 0 Å². The van der Waals surface area contributed by atoms with E-state index < -0.39 is 22.9 Å². The van der Waals surface area contributed by atoms with Gasteiger partial charge in [0.05, 0.1) is 26.9 Å². The molecule has 196 valence electrons. The summed E-state index contributed by atoms with van der Waals surface area (Å²) in [4.78, 5) is 32.1. The molecule has 1 aliphatic heterocycles. The lowest BCUT2D eigenvalue weighted by molar-refractivity contribution is 0.0436. The lowest BCUT2D eigenvalue weighted by Gasteiger charge is -2.22. The summed E-state index contributed by atoms with van der Waals surface area (Å²) in [6.07, 6.45) is 0.428. The maximum atomic E-state index is 13.5. The van der Waals surface area contributed by atoms with Crippen molar-refractivity contribution in [2.24, 2.45) is 0 Å². The average molecular weight is 510 g/mol. The van der Waals surface area contributed by atoms with Crippen LogP contribution < -0.4 is 15.0 Å². The van der Waals surface area contributed by atoms with Crippen LogP contribution in [0.1, 0.15) is 35.1 Å². The molecule has 4 rings (SSSR count). The second-order valence-corrected chi connectivity index (χ2v) is 8.47. The molecule has 0 radical (unpaired) electrons. The molecule has 0 bridgehead atoms. The number of aromatic nitrogens is 2. The van der Waals surface area contributed by atoms with Crippen LogP contribution in [0.2, 0.25) is 0 Å². The van der Waals surface area contributed by atoms with Gasteiger partial charge in [0, 0.05) is 19.7 Å². The first-order valence-corrected chi connectivity index (χ1v) is 12.1. The van der Waals surface area contributed by atoms with Crippen molar-refractivity contribution >= 4 is 5.91 Å². The lowest BCUT2D eigenvalue weighted by atomic mass is 10.2. The number of benzene rings is 2. The topological polar surface area (TPSA) is 112 Å². The largest absolute Gasteiger partial charge is 0.494 e. The molecule has 37 heavy (non-hydrogen) atoms. The highest BCUT2D eigenvalue weighted by molar-refractivity contribution is 5.96. The standard InChI is InChI=1S/C27H31N3O7/c1-4-36-17-22-28-25(31)23(27(33)30(22)24-20(34-2)11-8-12-21(24)35-3)26(32)29-14-13-19(15-29)37-16-18-9-6-5-7-10-18/h5-12,19,33H,4,13-17H2,1-3H3. The number of likely N-dealkylation sites (tertiary alicyclic amines) is 1. The van der Waals surface area contributed by atoms with Crippen LogP contribution in [0.15, 0.2) is 53.3 Å². The predicted octanol–water partition coefficient (Wildman–Crippen LogP) is 2.92. The van der Waals surface area contributed by atoms with Crippen molar-refractivity contribution in [3.8, 4) is 23.1 Å². The van der Waals surface area contributed by atoms with E-state index in [0.29, 0.717) is 49.9 Å². The number of methoxy groups -OCH3 is 2. The van der Waals surface area contributed by atoms with Crippen molar-refractivity contribution in [2.75, 3.05) is 33.9 Å². The molecule has 2 heterocycles. The Morgan fingerprint density at radius 2 is 1.76 bits per heavy atom. The Bertz CT molecular complexity index is 1270. The summed E-state index contributed by atoms with van der Waals surface area (Å²) in [6.45, 7) is 3.19. The van der Waals surface area contributed by atoms with Gasteiger partial charge in [0.25, 0.3) is 11.5 Å². The molecule has 1 N–H and O–H groups in total. The number of carbonyl (C=O) groups is 1. The van der Waals surface area contributed by atoms with Crippen LogP contribution in [-0.4, -0.2) is 65.5 Å². The summed E-state index contributed by atoms with van der Waals surface area (Å²) in [6, 6.07) is 14.8. The number of nitrogens with zero attached hydrogens (tertiary/aromatic N) is 3. The first-order chi connectivity index (χ1) is 18.0. The van der Waals surface area contributed by atoms with Crippen LogP contribution in [0, 0.1) is 0 Å². The normalized spacial score (nSPS) is 15.1. The number of hydrogen-bond donors (Lipinski definition) is 1. The fourth-order valence-electron chi connectivity index (χ4n) is 4.31. The van der Waals surface area contributed by atoms with Crippen molar-refractivity contribution in [1.82, 2.24) is 14.5 Å². The van der Waals surface area contributed by atoms with Gasteiger partial charge in [-0.1, -0.05) is 36.4 Å². The molecule has 1 atom stereocenters. The van der Waals surface area contributed by atoms with Gasteiger partial charge in [0.1, 0.15) is 29.6 Å². The van der Waals surface area contributed by atoms with Crippen molar-refractivity contribution in [2.45, 2.75) is 32.7 Å². The molecule has 2 aromatic carbocycles. The van der Waals surface area contributed by atoms with E-state index in [1.807, 2.05) is 30.3 Å². The van der Waals surface area contributed by atoms with Gasteiger partial charge in [0.2, 0.25) is 5.88 Å². The SMILES string of the molecule is CCOCc1nc(=O)c(C(=O)N2CCC(OCc3ccccc3)C2)c(O)n1-c1c(OC)cccc1OC. The Kier molecular flexibility index (Phi) is 8.42. The molecule has 1 amide bonds. The number of amides is 1. The fraction of sp³-hybridized carbons (Fsp3) is 0.370. The number of carbonyl (C=O) groups excluding carboxylic acids is 1. The number of rotatable bonds is 10. The van der Waals surface area contributed by atoms with E-state index in [1.54, 1.807) is 25.1 Å². The summed E-state index contributed by atoms with van der Waals surface area (Å²) >= 11 is 0. The molecule has 0 aliphatic carbocycles. The Hall–Kier alpha value is -3.89. The van der Waals surface area contributed by atoms with Crippen LogP contribution in [0.3, 0.4) is 0 Å². The quantitative estimate of drug-likeness (QED) is 0.444. The third kappa shape index (κ3) is 5.60. The molecule has 3 aromatic rings. The van der Waals surface area contributed by atoms with E-state index in [1.165, 1.54) is 23.7 Å². The molecule has 1 unspecified atom stereocenters. The summed E-state index contributed by atoms with van der Waals surface area (Å²) < 4.78 is 23.7. The van der Waals surface area contributed by atoms with Crippen LogP contribution in [0.25, 0.3) is 5.69 Å². The second-order valence-electron chi connectivity index (χ2n) is 8.47. The van der Waals surface area contributed by atoms with Gasteiger partial charge in [-0.15, -0.1) is 0 Å². The van der Waals surface area contributed by atoms with Gasteiger partial charge in [-0.3, -0.25) is 14.2 Å². The van der Waals surface area contributed by atoms with Gasteiger partial charge in [0.15, 0.2) is 5.56 Å². The minimum atomic E-state index is -0.837. The lowest BCUT2D eigenvalue weighted by Crippen LogP contribution is -2.36. The highest BCUT2D eigenvalue weighted by Gasteiger charge is 2.33. The first kappa shape index (κ1) is 26.2. The second kappa shape index (κ2) is 11.9. The average Bonchev–Trinajstić information content (AvgIpc) is 3.40. The number of aromatic hydroxyl groups is 1. The Morgan fingerprint density at radius 3 is 2.41 bits per heavy atom. The van der Waals surface area contributed by atoms with Crippen LogP contribution in [-0.2, 0) is 22.7 Å². The minimum Gasteiger partial charge on any atom is -0.494 e. The molecule has 0 saturated carbocycles. The first-order valence-electron chi connectivity index (χ1n) is 12.1. The third-order valence-corrected chi connectivity index (χ3v) is 6.17. The summed E-state index contributed by atoms with van der Waals surface area (Å²) in [5.74, 6) is -0.365. The van der Waals surface area contributed by atoms with Crippen molar-refractivity contribution in [3.05, 3.63) is 75.8 Å². The van der Waals surface area contributed by atoms with E-state index in [9.17, 15) is 14.7 Å². The number of para-hydroxylation sites is 1. The molecule has 1 aromatic heterocycles. The zero-order valence-corrected chi connectivity index (χ0v) is 21.2. The van der Waals surface area contributed by atoms with Gasteiger partial charge < -0.3 is 29.0 Å². The summed E-state index contributed by atoms with van der Waals surface area (Å²) in [5, 5.41) is 11.4. The Balaban J connectivity index is 1.67. The van der Waals surface area contributed by atoms with Gasteiger partial charge in [-0.25, -0.2) is 0 Å². The van der Waals surface area contributed by atoms with Crippen LogP contribution in [0.4, 0.5) is 0 Å². The maximum Gasteiger partial charge on any atom is 0.289 e. The van der Waals surface area contributed by atoms with E-state index in [2.05, 4.69) is 4.98 Å².